The maximum atomic E-state index is 10.8. The molecule has 0 N–H and O–H groups in total. The van der Waals surface area contributed by atoms with Crippen LogP contribution in [0, 0.1) is 0 Å². The fourth-order valence-corrected chi connectivity index (χ4v) is 3.24. The first-order valence-corrected chi connectivity index (χ1v) is 8.46. The standard InChI is InChI=1S/C14H15ClNO4P/c1-16-6-4-9-11(15)2-3-13-14(9)10(8-16)12(20-13)5-7-21(17,18)19/h2-3,5,7H,4,6,8H2,1H3,(H2,17,18,19)/p-2/b7-5+. The molecule has 0 unspecified atom stereocenters. The first kappa shape index (κ1) is 14.8. The van der Waals surface area contributed by atoms with Crippen LogP contribution in [0.4, 0.5) is 0 Å². The topological polar surface area (TPSA) is 79.6 Å². The van der Waals surface area contributed by atoms with E-state index >= 15 is 0 Å². The van der Waals surface area contributed by atoms with Crippen molar-refractivity contribution in [2.24, 2.45) is 0 Å². The van der Waals surface area contributed by atoms with Gasteiger partial charge in [-0.3, -0.25) is 0 Å². The van der Waals surface area contributed by atoms with Gasteiger partial charge in [-0.2, -0.15) is 0 Å². The molecular formula is C14H13ClNO4P-2. The maximum Gasteiger partial charge on any atom is 0.135 e. The zero-order valence-electron chi connectivity index (χ0n) is 11.3. The molecule has 0 amide bonds. The number of nitrogens with zero attached hydrogens (tertiary/aromatic N) is 1. The minimum absolute atomic E-state index is 0.397. The summed E-state index contributed by atoms with van der Waals surface area (Å²) in [6, 6.07) is 3.54. The van der Waals surface area contributed by atoms with Crippen LogP contribution in [0.15, 0.2) is 22.4 Å². The molecular weight excluding hydrogens is 313 g/mol. The minimum atomic E-state index is -4.71. The van der Waals surface area contributed by atoms with Crippen LogP contribution in [-0.2, 0) is 17.5 Å². The highest BCUT2D eigenvalue weighted by atomic mass is 35.5. The van der Waals surface area contributed by atoms with E-state index in [1.54, 1.807) is 12.1 Å². The Labute approximate surface area is 127 Å². The van der Waals surface area contributed by atoms with Gasteiger partial charge in [-0.15, -0.1) is 0 Å². The quantitative estimate of drug-likeness (QED) is 0.789. The second-order valence-electron chi connectivity index (χ2n) is 5.19. The summed E-state index contributed by atoms with van der Waals surface area (Å²) in [6.07, 6.45) is 2.02. The van der Waals surface area contributed by atoms with Gasteiger partial charge in [-0.05, 0) is 50.7 Å². The number of hydrogen-bond donors (Lipinski definition) is 0. The van der Waals surface area contributed by atoms with Gasteiger partial charge in [0.1, 0.15) is 11.3 Å². The van der Waals surface area contributed by atoms with E-state index in [-0.39, 0.29) is 0 Å². The van der Waals surface area contributed by atoms with Crippen molar-refractivity contribution < 1.29 is 18.8 Å². The number of benzene rings is 1. The lowest BCUT2D eigenvalue weighted by atomic mass is 10.0. The van der Waals surface area contributed by atoms with Crippen molar-refractivity contribution in [1.82, 2.24) is 4.90 Å². The predicted octanol–water partition coefficient (Wildman–Crippen LogP) is 1.96. The molecule has 1 aromatic heterocycles. The van der Waals surface area contributed by atoms with Gasteiger partial charge in [-0.25, -0.2) is 0 Å². The van der Waals surface area contributed by atoms with Crippen molar-refractivity contribution in [2.45, 2.75) is 13.0 Å². The normalized spacial score (nSPS) is 16.8. The lowest BCUT2D eigenvalue weighted by Gasteiger charge is -2.24. The zero-order valence-corrected chi connectivity index (χ0v) is 13.0. The highest BCUT2D eigenvalue weighted by Gasteiger charge is 2.22. The van der Waals surface area contributed by atoms with E-state index < -0.39 is 7.60 Å². The molecule has 0 saturated carbocycles. The predicted molar refractivity (Wildman–Crippen MR) is 77.9 cm³/mol. The van der Waals surface area contributed by atoms with E-state index in [1.807, 2.05) is 7.05 Å². The summed E-state index contributed by atoms with van der Waals surface area (Å²) in [7, 11) is -2.74. The Hall–Kier alpha value is -1.10. The minimum Gasteiger partial charge on any atom is -0.808 e. The molecule has 3 rings (SSSR count). The molecule has 0 saturated heterocycles. The average molecular weight is 326 g/mol. The molecule has 5 nitrogen and oxygen atoms in total. The number of rotatable bonds is 2. The third kappa shape index (κ3) is 2.93. The Kier molecular flexibility index (Phi) is 3.72. The molecule has 1 aliphatic rings. The fourth-order valence-electron chi connectivity index (χ4n) is 2.67. The van der Waals surface area contributed by atoms with Crippen molar-refractivity contribution in [3.8, 4) is 0 Å². The van der Waals surface area contributed by atoms with E-state index in [0.29, 0.717) is 28.7 Å². The van der Waals surface area contributed by atoms with Gasteiger partial charge in [0.2, 0.25) is 0 Å². The third-order valence-electron chi connectivity index (χ3n) is 3.62. The Morgan fingerprint density at radius 2 is 2.14 bits per heavy atom. The van der Waals surface area contributed by atoms with Gasteiger partial charge in [0, 0.05) is 29.1 Å². The van der Waals surface area contributed by atoms with Crippen LogP contribution in [0.5, 0.6) is 0 Å². The Balaban J connectivity index is 2.23. The van der Waals surface area contributed by atoms with Crippen LogP contribution in [0.1, 0.15) is 16.9 Å². The summed E-state index contributed by atoms with van der Waals surface area (Å²) >= 11 is 6.27. The van der Waals surface area contributed by atoms with Crippen molar-refractivity contribution in [1.29, 1.82) is 0 Å². The summed E-state index contributed by atoms with van der Waals surface area (Å²) in [5, 5.41) is 1.60. The van der Waals surface area contributed by atoms with Gasteiger partial charge in [0.15, 0.2) is 0 Å². The summed E-state index contributed by atoms with van der Waals surface area (Å²) in [6.45, 7) is 1.46. The van der Waals surface area contributed by atoms with Gasteiger partial charge < -0.3 is 23.7 Å². The van der Waals surface area contributed by atoms with Crippen LogP contribution in [0.2, 0.25) is 5.02 Å². The second-order valence-corrected chi connectivity index (χ2v) is 6.97. The molecule has 1 aliphatic heterocycles. The molecule has 1 aromatic carbocycles. The molecule has 2 heterocycles. The van der Waals surface area contributed by atoms with Crippen molar-refractivity contribution >= 4 is 36.2 Å². The van der Waals surface area contributed by atoms with E-state index in [0.717, 1.165) is 29.5 Å². The third-order valence-corrected chi connectivity index (χ3v) is 4.48. The lowest BCUT2D eigenvalue weighted by Crippen LogP contribution is -2.18. The summed E-state index contributed by atoms with van der Waals surface area (Å²) in [4.78, 5) is 23.7. The van der Waals surface area contributed by atoms with Crippen molar-refractivity contribution in [2.75, 3.05) is 13.6 Å². The Bertz CT molecular complexity index is 777. The molecule has 0 aliphatic carbocycles. The lowest BCUT2D eigenvalue weighted by molar-refractivity contribution is -0.308. The van der Waals surface area contributed by atoms with Crippen LogP contribution in [0.3, 0.4) is 0 Å². The monoisotopic (exact) mass is 325 g/mol. The van der Waals surface area contributed by atoms with E-state index in [9.17, 15) is 14.4 Å². The second kappa shape index (κ2) is 5.27. The molecule has 0 bridgehead atoms. The molecule has 21 heavy (non-hydrogen) atoms. The molecule has 112 valence electrons. The summed E-state index contributed by atoms with van der Waals surface area (Å²) < 4.78 is 16.5. The summed E-state index contributed by atoms with van der Waals surface area (Å²) in [5.74, 6) is 1.04. The first-order chi connectivity index (χ1) is 9.85. The van der Waals surface area contributed by atoms with Crippen LogP contribution in [0.25, 0.3) is 17.0 Å². The molecule has 0 radical (unpaired) electrons. The zero-order chi connectivity index (χ0) is 15.2. The number of halogens is 1. The number of likely N-dealkylation sites (N-methyl/N-ethyl adjacent to an activating group) is 1. The molecule has 0 fully saturated rings. The molecule has 2 aromatic rings. The number of hydrogen-bond acceptors (Lipinski definition) is 5. The number of furan rings is 1. The van der Waals surface area contributed by atoms with Crippen molar-refractivity contribution in [3.63, 3.8) is 0 Å². The van der Waals surface area contributed by atoms with Gasteiger partial charge in [0.25, 0.3) is 0 Å². The van der Waals surface area contributed by atoms with Crippen LogP contribution < -0.4 is 9.79 Å². The van der Waals surface area contributed by atoms with Gasteiger partial charge >= 0.3 is 0 Å². The Morgan fingerprint density at radius 1 is 1.38 bits per heavy atom. The molecule has 0 spiro atoms. The Morgan fingerprint density at radius 3 is 2.86 bits per heavy atom. The largest absolute Gasteiger partial charge is 0.808 e. The van der Waals surface area contributed by atoms with Crippen molar-refractivity contribution in [3.05, 3.63) is 39.9 Å². The molecule has 0 atom stereocenters. The molecule has 7 heteroatoms. The summed E-state index contributed by atoms with van der Waals surface area (Å²) in [5.41, 5.74) is 2.53. The van der Waals surface area contributed by atoms with E-state index in [4.69, 9.17) is 16.0 Å². The smallest absolute Gasteiger partial charge is 0.135 e. The van der Waals surface area contributed by atoms with E-state index in [2.05, 4.69) is 4.90 Å². The average Bonchev–Trinajstić information content (AvgIpc) is 2.62. The highest BCUT2D eigenvalue weighted by molar-refractivity contribution is 7.52. The first-order valence-electron chi connectivity index (χ1n) is 6.47. The van der Waals surface area contributed by atoms with E-state index in [1.165, 1.54) is 6.08 Å². The van der Waals surface area contributed by atoms with Gasteiger partial charge in [-0.1, -0.05) is 11.6 Å². The van der Waals surface area contributed by atoms with Gasteiger partial charge in [0.05, 0.1) is 0 Å². The highest BCUT2D eigenvalue weighted by Crippen LogP contribution is 2.37. The maximum absolute atomic E-state index is 10.8. The van der Waals surface area contributed by atoms with Crippen LogP contribution in [-0.4, -0.2) is 18.5 Å². The van der Waals surface area contributed by atoms with Crippen LogP contribution >= 0.6 is 19.2 Å². The SMILES string of the molecule is CN1CCc2c(Cl)ccc3oc(/C=C/P(=O)([O-])[O-])c(c23)C1. The fraction of sp³-hybridized carbons (Fsp3) is 0.286.